The molecule has 2 aliphatic rings. The maximum Gasteiger partial charge on any atom is 0.416 e. The molecule has 0 unspecified atom stereocenters. The number of ether oxygens (including phenoxy) is 1. The monoisotopic (exact) mass is 510 g/mol. The number of rotatable bonds is 4. The number of carbonyl (C=O) groups excluding carboxylic acids is 1. The summed E-state index contributed by atoms with van der Waals surface area (Å²) in [7, 11) is 0. The van der Waals surface area contributed by atoms with E-state index >= 15 is 0 Å². The predicted molar refractivity (Wildman–Crippen MR) is 134 cm³/mol. The standard InChI is InChI=1S/C28H29F3N4O2/c1-18-9-12-34(13-10-18)27-32-24-11-14-35(26(36)20-6-4-7-21(16-20)28(29,30)31)17-23(24)25(33-27)37-22-8-3-5-19(2)15-22/h3-8,15-16,18H,9-14,17H2,1-2H3. The maximum atomic E-state index is 13.2. The van der Waals surface area contributed by atoms with Crippen molar-refractivity contribution in [3.05, 3.63) is 76.5 Å². The number of hydrogen-bond donors (Lipinski definition) is 0. The van der Waals surface area contributed by atoms with E-state index in [1.54, 1.807) is 0 Å². The summed E-state index contributed by atoms with van der Waals surface area (Å²) >= 11 is 0. The van der Waals surface area contributed by atoms with Gasteiger partial charge in [0.25, 0.3) is 5.91 Å². The third kappa shape index (κ3) is 5.55. The molecule has 3 aromatic rings. The number of carbonyl (C=O) groups is 1. The molecule has 5 rings (SSSR count). The van der Waals surface area contributed by atoms with Crippen LogP contribution < -0.4 is 9.64 Å². The minimum Gasteiger partial charge on any atom is -0.438 e. The van der Waals surface area contributed by atoms with Gasteiger partial charge < -0.3 is 14.5 Å². The molecule has 0 bridgehead atoms. The molecule has 0 N–H and O–H groups in total. The molecule has 194 valence electrons. The smallest absolute Gasteiger partial charge is 0.416 e. The fourth-order valence-electron chi connectivity index (χ4n) is 4.78. The van der Waals surface area contributed by atoms with Gasteiger partial charge in [-0.2, -0.15) is 18.2 Å². The van der Waals surface area contributed by atoms with Crippen molar-refractivity contribution in [3.8, 4) is 11.6 Å². The zero-order valence-corrected chi connectivity index (χ0v) is 20.9. The average Bonchev–Trinajstić information content (AvgIpc) is 2.88. The van der Waals surface area contributed by atoms with Crippen LogP contribution in [0, 0.1) is 12.8 Å². The summed E-state index contributed by atoms with van der Waals surface area (Å²) < 4.78 is 45.9. The van der Waals surface area contributed by atoms with Crippen molar-refractivity contribution in [2.24, 2.45) is 5.92 Å². The summed E-state index contributed by atoms with van der Waals surface area (Å²) in [6.45, 7) is 6.45. The number of nitrogens with zero attached hydrogens (tertiary/aromatic N) is 4. The van der Waals surface area contributed by atoms with Crippen molar-refractivity contribution in [2.75, 3.05) is 24.5 Å². The van der Waals surface area contributed by atoms with Crippen molar-refractivity contribution in [1.82, 2.24) is 14.9 Å². The normalized spacial score (nSPS) is 16.5. The molecule has 1 amide bonds. The van der Waals surface area contributed by atoms with Gasteiger partial charge >= 0.3 is 6.18 Å². The molecule has 2 aliphatic heterocycles. The molecule has 2 aromatic carbocycles. The number of amides is 1. The molecule has 9 heteroatoms. The van der Waals surface area contributed by atoms with Crippen molar-refractivity contribution in [1.29, 1.82) is 0 Å². The van der Waals surface area contributed by atoms with Crippen molar-refractivity contribution in [3.63, 3.8) is 0 Å². The van der Waals surface area contributed by atoms with Crippen LogP contribution in [0.5, 0.6) is 11.6 Å². The van der Waals surface area contributed by atoms with Crippen LogP contribution in [0.2, 0.25) is 0 Å². The SMILES string of the molecule is Cc1cccc(Oc2nc(N3CCC(C)CC3)nc3c2CN(C(=O)c2cccc(C(F)(F)F)c2)CC3)c1. The number of aryl methyl sites for hydroxylation is 1. The lowest BCUT2D eigenvalue weighted by molar-refractivity contribution is -0.137. The number of benzene rings is 2. The molecule has 0 radical (unpaired) electrons. The van der Waals surface area contributed by atoms with Gasteiger partial charge in [0.1, 0.15) is 5.75 Å². The Morgan fingerprint density at radius 3 is 2.51 bits per heavy atom. The van der Waals surface area contributed by atoms with Gasteiger partial charge in [0.05, 0.1) is 23.4 Å². The van der Waals surface area contributed by atoms with Crippen LogP contribution in [-0.2, 0) is 19.1 Å². The lowest BCUT2D eigenvalue weighted by atomic mass is 9.99. The Morgan fingerprint density at radius 1 is 1.03 bits per heavy atom. The lowest BCUT2D eigenvalue weighted by Crippen LogP contribution is -2.38. The molecule has 1 fully saturated rings. The number of anilines is 1. The van der Waals surface area contributed by atoms with E-state index in [-0.39, 0.29) is 12.1 Å². The van der Waals surface area contributed by atoms with Crippen LogP contribution in [-0.4, -0.2) is 40.4 Å². The number of hydrogen-bond acceptors (Lipinski definition) is 5. The fraction of sp³-hybridized carbons (Fsp3) is 0.393. The molecule has 1 saturated heterocycles. The van der Waals surface area contributed by atoms with Crippen LogP contribution in [0.25, 0.3) is 0 Å². The van der Waals surface area contributed by atoms with Gasteiger partial charge in [-0.05, 0) is 61.6 Å². The highest BCUT2D eigenvalue weighted by Crippen LogP contribution is 2.34. The summed E-state index contributed by atoms with van der Waals surface area (Å²) in [5, 5.41) is 0. The first-order valence-electron chi connectivity index (χ1n) is 12.5. The maximum absolute atomic E-state index is 13.2. The second kappa shape index (κ2) is 10.0. The summed E-state index contributed by atoms with van der Waals surface area (Å²) in [6.07, 6.45) is -1.93. The zero-order chi connectivity index (χ0) is 26.2. The van der Waals surface area contributed by atoms with E-state index in [1.807, 2.05) is 31.2 Å². The highest BCUT2D eigenvalue weighted by atomic mass is 19.4. The molecule has 0 spiro atoms. The molecule has 0 atom stereocenters. The van der Waals surface area contributed by atoms with Gasteiger partial charge in [-0.1, -0.05) is 25.1 Å². The van der Waals surface area contributed by atoms with E-state index in [0.29, 0.717) is 42.0 Å². The van der Waals surface area contributed by atoms with Crippen LogP contribution in [0.3, 0.4) is 0 Å². The van der Waals surface area contributed by atoms with Crippen molar-refractivity contribution < 1.29 is 22.7 Å². The average molecular weight is 511 g/mol. The summed E-state index contributed by atoms with van der Waals surface area (Å²) in [4.78, 5) is 26.5. The topological polar surface area (TPSA) is 58.6 Å². The third-order valence-electron chi connectivity index (χ3n) is 7.01. The van der Waals surface area contributed by atoms with E-state index in [9.17, 15) is 18.0 Å². The first-order chi connectivity index (χ1) is 17.7. The number of halogens is 3. The summed E-state index contributed by atoms with van der Waals surface area (Å²) in [5.74, 6) is 1.82. The first-order valence-corrected chi connectivity index (χ1v) is 12.5. The second-order valence-corrected chi connectivity index (χ2v) is 9.90. The van der Waals surface area contributed by atoms with Gasteiger partial charge in [0, 0.05) is 31.6 Å². The van der Waals surface area contributed by atoms with Crippen LogP contribution >= 0.6 is 0 Å². The van der Waals surface area contributed by atoms with Crippen molar-refractivity contribution >= 4 is 11.9 Å². The molecule has 6 nitrogen and oxygen atoms in total. The zero-order valence-electron chi connectivity index (χ0n) is 20.9. The summed E-state index contributed by atoms with van der Waals surface area (Å²) in [5.41, 5.74) is 1.68. The van der Waals surface area contributed by atoms with Crippen LogP contribution in [0.15, 0.2) is 48.5 Å². The van der Waals surface area contributed by atoms with Gasteiger partial charge in [-0.25, -0.2) is 4.98 Å². The van der Waals surface area contributed by atoms with E-state index < -0.39 is 17.6 Å². The third-order valence-corrected chi connectivity index (χ3v) is 7.01. The Labute approximate surface area is 214 Å². The molecular weight excluding hydrogens is 481 g/mol. The van der Waals surface area contributed by atoms with Crippen molar-refractivity contribution in [2.45, 2.75) is 45.8 Å². The van der Waals surface area contributed by atoms with Gasteiger partial charge in [0.15, 0.2) is 0 Å². The molecular formula is C28H29F3N4O2. The molecule has 3 heterocycles. The van der Waals surface area contributed by atoms with E-state index in [4.69, 9.17) is 14.7 Å². The highest BCUT2D eigenvalue weighted by Gasteiger charge is 2.33. The minimum absolute atomic E-state index is 0.000553. The number of piperidine rings is 1. The van der Waals surface area contributed by atoms with Gasteiger partial charge in [0.2, 0.25) is 11.8 Å². The Morgan fingerprint density at radius 2 is 1.78 bits per heavy atom. The van der Waals surface area contributed by atoms with Gasteiger partial charge in [-0.15, -0.1) is 0 Å². The Kier molecular flexibility index (Phi) is 6.79. The van der Waals surface area contributed by atoms with Crippen LogP contribution in [0.1, 0.15) is 52.5 Å². The Balaban J connectivity index is 1.46. The Hall–Kier alpha value is -3.62. The van der Waals surface area contributed by atoms with E-state index in [1.165, 1.54) is 17.0 Å². The van der Waals surface area contributed by atoms with E-state index in [0.717, 1.165) is 49.3 Å². The number of aromatic nitrogens is 2. The summed E-state index contributed by atoms with van der Waals surface area (Å²) in [6, 6.07) is 12.2. The van der Waals surface area contributed by atoms with Gasteiger partial charge in [-0.3, -0.25) is 4.79 Å². The molecule has 0 saturated carbocycles. The highest BCUT2D eigenvalue weighted by molar-refractivity contribution is 5.94. The van der Waals surface area contributed by atoms with E-state index in [2.05, 4.69) is 11.8 Å². The largest absolute Gasteiger partial charge is 0.438 e. The predicted octanol–water partition coefficient (Wildman–Crippen LogP) is 6.03. The number of alkyl halides is 3. The fourth-order valence-corrected chi connectivity index (χ4v) is 4.78. The quantitative estimate of drug-likeness (QED) is 0.429. The minimum atomic E-state index is -4.52. The van der Waals surface area contributed by atoms with Crippen LogP contribution in [0.4, 0.5) is 19.1 Å². The Bertz CT molecular complexity index is 1300. The molecule has 37 heavy (non-hydrogen) atoms. The first kappa shape index (κ1) is 25.0. The number of fused-ring (bicyclic) bond motifs is 1. The second-order valence-electron chi connectivity index (χ2n) is 9.90. The molecule has 1 aromatic heterocycles. The lowest BCUT2D eigenvalue weighted by Gasteiger charge is -2.33. The molecule has 0 aliphatic carbocycles.